The molecule has 1 heterocycles. The summed E-state index contributed by atoms with van der Waals surface area (Å²) >= 11 is 1.69. The molecule has 0 atom stereocenters. The van der Waals surface area contributed by atoms with E-state index in [9.17, 15) is 5.26 Å². The normalized spacial score (nSPS) is 12.9. The second-order valence-electron chi connectivity index (χ2n) is 7.02. The van der Waals surface area contributed by atoms with Gasteiger partial charge in [-0.05, 0) is 48.8 Å². The molecule has 0 bridgehead atoms. The lowest BCUT2D eigenvalue weighted by Gasteiger charge is -2.13. The third-order valence-corrected chi connectivity index (χ3v) is 6.37. The molecule has 0 saturated carbocycles. The Morgan fingerprint density at radius 3 is 2.32 bits per heavy atom. The van der Waals surface area contributed by atoms with E-state index >= 15 is 0 Å². The van der Waals surface area contributed by atoms with Gasteiger partial charge in [0, 0.05) is 15.8 Å². The maximum Gasteiger partial charge on any atom is 0.103 e. The summed E-state index contributed by atoms with van der Waals surface area (Å²) in [6.07, 6.45) is 5.30. The number of thioether (sulfide) groups is 1. The van der Waals surface area contributed by atoms with Gasteiger partial charge in [-0.25, -0.2) is 4.68 Å². The predicted octanol–water partition coefficient (Wildman–Crippen LogP) is 5.77. The number of aryl methyl sites for hydroxylation is 1. The minimum atomic E-state index is 0.752. The summed E-state index contributed by atoms with van der Waals surface area (Å²) in [5, 5.41) is 16.3. The van der Waals surface area contributed by atoms with Gasteiger partial charge >= 0.3 is 0 Å². The van der Waals surface area contributed by atoms with E-state index in [1.54, 1.807) is 11.8 Å². The van der Waals surface area contributed by atoms with Crippen molar-refractivity contribution in [2.24, 2.45) is 0 Å². The molecule has 28 heavy (non-hydrogen) atoms. The van der Waals surface area contributed by atoms with Crippen LogP contribution in [0.25, 0.3) is 27.8 Å². The van der Waals surface area contributed by atoms with E-state index in [1.165, 1.54) is 11.1 Å². The second kappa shape index (κ2) is 6.85. The van der Waals surface area contributed by atoms with Crippen LogP contribution in [0.1, 0.15) is 23.1 Å². The number of nitrogens with zero attached hydrogens (tertiary/aromatic N) is 3. The zero-order chi connectivity index (χ0) is 19.1. The largest absolute Gasteiger partial charge is 0.231 e. The van der Waals surface area contributed by atoms with Crippen LogP contribution in [0.3, 0.4) is 0 Å². The molecule has 5 rings (SSSR count). The number of aromatic nitrogens is 2. The number of rotatable bonds is 3. The lowest BCUT2D eigenvalue weighted by atomic mass is 9.97. The minimum absolute atomic E-state index is 0.752. The van der Waals surface area contributed by atoms with Gasteiger partial charge in [-0.15, -0.1) is 11.8 Å². The van der Waals surface area contributed by atoms with E-state index in [2.05, 4.69) is 24.5 Å². The minimum Gasteiger partial charge on any atom is -0.231 e. The standard InChI is InChI=1S/C24H19N3S/c1-28-24-19-14-8-13-18(19)21-22(16-9-4-2-5-10-16)26-27(23(21)20(24)15-25)17-11-6-3-7-12-17/h2-7,9-12H,8,13-14H2,1H3. The van der Waals surface area contributed by atoms with Crippen LogP contribution in [0.15, 0.2) is 65.6 Å². The van der Waals surface area contributed by atoms with E-state index < -0.39 is 0 Å². The molecule has 0 N–H and O–H groups in total. The summed E-state index contributed by atoms with van der Waals surface area (Å²) in [5.41, 5.74) is 7.47. The molecule has 3 aromatic carbocycles. The Kier molecular flexibility index (Phi) is 4.18. The molecule has 1 aromatic heterocycles. The predicted molar refractivity (Wildman–Crippen MR) is 115 cm³/mol. The summed E-state index contributed by atoms with van der Waals surface area (Å²) in [6.45, 7) is 0. The Morgan fingerprint density at radius 1 is 0.964 bits per heavy atom. The molecule has 1 aliphatic rings. The van der Waals surface area contributed by atoms with Crippen molar-refractivity contribution in [2.45, 2.75) is 24.2 Å². The Hall–Kier alpha value is -3.03. The topological polar surface area (TPSA) is 41.6 Å². The molecule has 0 fully saturated rings. The highest BCUT2D eigenvalue weighted by atomic mass is 32.2. The highest BCUT2D eigenvalue weighted by molar-refractivity contribution is 7.98. The fourth-order valence-corrected chi connectivity index (χ4v) is 5.16. The van der Waals surface area contributed by atoms with Gasteiger partial charge in [0.15, 0.2) is 0 Å². The van der Waals surface area contributed by atoms with Gasteiger partial charge in [0.1, 0.15) is 11.8 Å². The summed E-state index contributed by atoms with van der Waals surface area (Å²) in [6, 6.07) is 23.0. The fourth-order valence-electron chi connectivity index (χ4n) is 4.35. The van der Waals surface area contributed by atoms with E-state index in [0.29, 0.717) is 0 Å². The zero-order valence-corrected chi connectivity index (χ0v) is 16.5. The molecule has 4 aromatic rings. The Labute approximate surface area is 168 Å². The first-order chi connectivity index (χ1) is 13.8. The smallest absolute Gasteiger partial charge is 0.103 e. The van der Waals surface area contributed by atoms with Crippen LogP contribution in [-0.4, -0.2) is 16.0 Å². The second-order valence-corrected chi connectivity index (χ2v) is 7.83. The van der Waals surface area contributed by atoms with Gasteiger partial charge in [0.05, 0.1) is 16.8 Å². The van der Waals surface area contributed by atoms with Crippen LogP contribution in [0.2, 0.25) is 0 Å². The maximum absolute atomic E-state index is 10.1. The number of fused-ring (bicyclic) bond motifs is 3. The van der Waals surface area contributed by atoms with Crippen molar-refractivity contribution in [3.63, 3.8) is 0 Å². The van der Waals surface area contributed by atoms with Crippen molar-refractivity contribution in [1.82, 2.24) is 9.78 Å². The average Bonchev–Trinajstić information content (AvgIpc) is 3.39. The molecule has 0 unspecified atom stereocenters. The Balaban J connectivity index is 1.98. The molecule has 136 valence electrons. The van der Waals surface area contributed by atoms with Gasteiger partial charge in [-0.2, -0.15) is 10.4 Å². The molecule has 1 aliphatic carbocycles. The molecule has 3 nitrogen and oxygen atoms in total. The summed E-state index contributed by atoms with van der Waals surface area (Å²) in [4.78, 5) is 1.12. The average molecular weight is 382 g/mol. The van der Waals surface area contributed by atoms with Crippen molar-refractivity contribution in [1.29, 1.82) is 5.26 Å². The highest BCUT2D eigenvalue weighted by Gasteiger charge is 2.28. The van der Waals surface area contributed by atoms with Crippen molar-refractivity contribution < 1.29 is 0 Å². The number of nitriles is 1. The molecule has 0 saturated heterocycles. The van der Waals surface area contributed by atoms with Crippen LogP contribution in [-0.2, 0) is 12.8 Å². The molecule has 0 radical (unpaired) electrons. The highest BCUT2D eigenvalue weighted by Crippen LogP contribution is 2.44. The van der Waals surface area contributed by atoms with Crippen molar-refractivity contribution >= 4 is 22.7 Å². The third kappa shape index (κ3) is 2.47. The van der Waals surface area contributed by atoms with Crippen molar-refractivity contribution in [3.05, 3.63) is 77.4 Å². The van der Waals surface area contributed by atoms with Gasteiger partial charge in [-0.3, -0.25) is 0 Å². The van der Waals surface area contributed by atoms with Crippen LogP contribution < -0.4 is 0 Å². The molecular formula is C24H19N3S. The number of hydrogen-bond acceptors (Lipinski definition) is 3. The summed E-state index contributed by atoms with van der Waals surface area (Å²) in [7, 11) is 0. The first kappa shape index (κ1) is 17.1. The third-order valence-electron chi connectivity index (χ3n) is 5.51. The Morgan fingerprint density at radius 2 is 1.64 bits per heavy atom. The number of benzene rings is 3. The van der Waals surface area contributed by atoms with Crippen LogP contribution in [0.4, 0.5) is 0 Å². The van der Waals surface area contributed by atoms with E-state index in [0.717, 1.165) is 57.6 Å². The SMILES string of the molecule is CSc1c2c(c3c(-c4ccccc4)nn(-c4ccccc4)c3c1C#N)CCC2. The van der Waals surface area contributed by atoms with E-state index in [4.69, 9.17) is 5.10 Å². The molecular weight excluding hydrogens is 362 g/mol. The van der Waals surface area contributed by atoms with Crippen molar-refractivity contribution in [3.8, 4) is 23.0 Å². The summed E-state index contributed by atoms with van der Waals surface area (Å²) < 4.78 is 1.97. The first-order valence-electron chi connectivity index (χ1n) is 9.49. The summed E-state index contributed by atoms with van der Waals surface area (Å²) in [5.74, 6) is 0. The van der Waals surface area contributed by atoms with E-state index in [1.807, 2.05) is 53.2 Å². The zero-order valence-electron chi connectivity index (χ0n) is 15.6. The number of para-hydroxylation sites is 1. The van der Waals surface area contributed by atoms with Crippen molar-refractivity contribution in [2.75, 3.05) is 6.26 Å². The molecule has 0 amide bonds. The van der Waals surface area contributed by atoms with Crippen LogP contribution >= 0.6 is 11.8 Å². The molecule has 4 heteroatoms. The molecule has 0 spiro atoms. The lowest BCUT2D eigenvalue weighted by molar-refractivity contribution is 0.902. The van der Waals surface area contributed by atoms with Gasteiger partial charge in [-0.1, -0.05) is 48.5 Å². The van der Waals surface area contributed by atoms with Crippen LogP contribution in [0, 0.1) is 11.3 Å². The lowest BCUT2D eigenvalue weighted by Crippen LogP contribution is -2.00. The van der Waals surface area contributed by atoms with E-state index in [-0.39, 0.29) is 0 Å². The van der Waals surface area contributed by atoms with Gasteiger partial charge < -0.3 is 0 Å². The number of hydrogen-bond donors (Lipinski definition) is 0. The Bertz CT molecular complexity index is 1220. The maximum atomic E-state index is 10.1. The van der Waals surface area contributed by atoms with Gasteiger partial charge in [0.2, 0.25) is 0 Å². The quantitative estimate of drug-likeness (QED) is 0.423. The first-order valence-corrected chi connectivity index (χ1v) is 10.7. The molecule has 0 aliphatic heterocycles. The van der Waals surface area contributed by atoms with Gasteiger partial charge in [0.25, 0.3) is 0 Å². The fraction of sp³-hybridized carbons (Fsp3) is 0.167. The monoisotopic (exact) mass is 381 g/mol. The van der Waals surface area contributed by atoms with Crippen LogP contribution in [0.5, 0.6) is 0 Å².